The summed E-state index contributed by atoms with van der Waals surface area (Å²) in [6.45, 7) is 3.60. The summed E-state index contributed by atoms with van der Waals surface area (Å²) in [6.07, 6.45) is 5.98. The van der Waals surface area contributed by atoms with Crippen LogP contribution in [0.5, 0.6) is 0 Å². The highest BCUT2D eigenvalue weighted by molar-refractivity contribution is 7.90. The molecule has 35 heavy (non-hydrogen) atoms. The van der Waals surface area contributed by atoms with Gasteiger partial charge in [-0.05, 0) is 37.2 Å². The normalized spacial score (nSPS) is 18.2. The minimum atomic E-state index is -3.56. The van der Waals surface area contributed by atoms with Gasteiger partial charge in [-0.15, -0.1) is 0 Å². The van der Waals surface area contributed by atoms with E-state index in [0.717, 1.165) is 43.9 Å². The molecule has 1 saturated carbocycles. The molecule has 0 aliphatic heterocycles. The maximum Gasteiger partial charge on any atom is 0.224 e. The lowest BCUT2D eigenvalue weighted by Crippen LogP contribution is -2.52. The number of amides is 1. The summed E-state index contributed by atoms with van der Waals surface area (Å²) in [6, 6.07) is 8.56. The summed E-state index contributed by atoms with van der Waals surface area (Å²) in [5.41, 5.74) is 0.878. The van der Waals surface area contributed by atoms with Crippen LogP contribution in [0.25, 0.3) is 0 Å². The summed E-state index contributed by atoms with van der Waals surface area (Å²) >= 11 is 0. The van der Waals surface area contributed by atoms with E-state index in [4.69, 9.17) is 0 Å². The molecule has 2 N–H and O–H groups in total. The van der Waals surface area contributed by atoms with Gasteiger partial charge >= 0.3 is 0 Å². The molecule has 10 heteroatoms. The number of benzene rings is 1. The predicted octanol–water partition coefficient (Wildman–Crippen LogP) is 2.38. The third-order valence-electron chi connectivity index (χ3n) is 6.52. The number of aliphatic hydroxyl groups is 1. The second-order valence-electron chi connectivity index (χ2n) is 10.0. The average molecular weight is 531 g/mol. The summed E-state index contributed by atoms with van der Waals surface area (Å²) in [4.78, 5) is 12.8. The van der Waals surface area contributed by atoms with Crippen molar-refractivity contribution in [3.05, 3.63) is 35.9 Å². The zero-order valence-electron chi connectivity index (χ0n) is 21.2. The van der Waals surface area contributed by atoms with Crippen molar-refractivity contribution in [1.82, 2.24) is 9.62 Å². The first-order valence-corrected chi connectivity index (χ1v) is 16.3. The van der Waals surface area contributed by atoms with E-state index >= 15 is 0 Å². The molecule has 1 aromatic carbocycles. The largest absolute Gasteiger partial charge is 0.390 e. The fraction of sp³-hybridized carbons (Fsp3) is 0.720. The molecule has 0 bridgehead atoms. The Labute approximate surface area is 211 Å². The van der Waals surface area contributed by atoms with E-state index in [0.29, 0.717) is 19.4 Å². The number of sulfonamides is 1. The number of carbonyl (C=O) groups is 1. The van der Waals surface area contributed by atoms with Gasteiger partial charge in [-0.1, -0.05) is 63.4 Å². The Balaban J connectivity index is 2.23. The average Bonchev–Trinajstić information content (AvgIpc) is 2.78. The fourth-order valence-corrected chi connectivity index (χ4v) is 7.34. The van der Waals surface area contributed by atoms with Crippen LogP contribution in [0.2, 0.25) is 0 Å². The lowest BCUT2D eigenvalue weighted by atomic mass is 9.89. The Hall–Kier alpha value is -1.49. The minimum Gasteiger partial charge on any atom is -0.390 e. The standard InChI is InChI=1S/C25H42N2O6S2/c1-4-15-35(32,33)27(17-22-13-9-6-10-14-22)18-24(28)23(16-21-11-7-5-8-12-21)26-25(29)20(2)19-34(3,30)31/h5,7-8,11-12,20,22-24,28H,4,6,9-10,13-19H2,1-3H3,(H,26,29)/t20-,23+,24-/m1/s1. The number of nitrogens with one attached hydrogen (secondary N) is 1. The zero-order chi connectivity index (χ0) is 26.1. The van der Waals surface area contributed by atoms with Gasteiger partial charge < -0.3 is 10.4 Å². The van der Waals surface area contributed by atoms with E-state index in [-0.39, 0.29) is 24.0 Å². The van der Waals surface area contributed by atoms with Crippen molar-refractivity contribution in [2.45, 2.75) is 70.9 Å². The molecule has 0 unspecified atom stereocenters. The molecule has 0 heterocycles. The number of sulfone groups is 1. The van der Waals surface area contributed by atoms with Crippen molar-refractivity contribution in [3.63, 3.8) is 0 Å². The van der Waals surface area contributed by atoms with Crippen molar-refractivity contribution in [3.8, 4) is 0 Å². The van der Waals surface area contributed by atoms with E-state index in [1.807, 2.05) is 37.3 Å². The summed E-state index contributed by atoms with van der Waals surface area (Å²) in [5, 5.41) is 14.0. The molecule has 0 spiro atoms. The monoisotopic (exact) mass is 530 g/mol. The zero-order valence-corrected chi connectivity index (χ0v) is 22.9. The van der Waals surface area contributed by atoms with E-state index in [1.165, 1.54) is 11.2 Å². The van der Waals surface area contributed by atoms with Gasteiger partial charge in [0.2, 0.25) is 15.9 Å². The van der Waals surface area contributed by atoms with E-state index in [9.17, 15) is 26.7 Å². The number of aliphatic hydroxyl groups excluding tert-OH is 1. The Morgan fingerprint density at radius 1 is 1.11 bits per heavy atom. The second kappa shape index (κ2) is 13.7. The molecule has 1 aromatic rings. The van der Waals surface area contributed by atoms with Crippen LogP contribution in [0.1, 0.15) is 57.9 Å². The summed E-state index contributed by atoms with van der Waals surface area (Å²) in [7, 11) is -6.92. The smallest absolute Gasteiger partial charge is 0.224 e. The number of nitrogens with zero attached hydrogens (tertiary/aromatic N) is 1. The molecule has 1 aliphatic carbocycles. The van der Waals surface area contributed by atoms with Crippen LogP contribution in [-0.4, -0.2) is 75.2 Å². The highest BCUT2D eigenvalue weighted by Gasteiger charge is 2.32. The fourth-order valence-electron chi connectivity index (χ4n) is 4.69. The van der Waals surface area contributed by atoms with Crippen molar-refractivity contribution < 1.29 is 26.7 Å². The van der Waals surface area contributed by atoms with Gasteiger partial charge in [0.1, 0.15) is 9.84 Å². The van der Waals surface area contributed by atoms with E-state index in [2.05, 4.69) is 5.32 Å². The summed E-state index contributed by atoms with van der Waals surface area (Å²) < 4.78 is 50.9. The van der Waals surface area contributed by atoms with Crippen LogP contribution in [0.4, 0.5) is 0 Å². The molecule has 2 rings (SSSR count). The molecule has 0 radical (unpaired) electrons. The van der Waals surface area contributed by atoms with Gasteiger partial charge in [-0.25, -0.2) is 16.8 Å². The lowest BCUT2D eigenvalue weighted by Gasteiger charge is -2.33. The summed E-state index contributed by atoms with van der Waals surface area (Å²) in [5.74, 6) is -1.30. The first-order valence-electron chi connectivity index (χ1n) is 12.6. The van der Waals surface area contributed by atoms with Gasteiger partial charge in [-0.3, -0.25) is 4.79 Å². The Morgan fingerprint density at radius 2 is 1.74 bits per heavy atom. The van der Waals surface area contributed by atoms with Gasteiger partial charge in [0.05, 0.1) is 23.7 Å². The molecule has 3 atom stereocenters. The molecule has 1 aliphatic rings. The molecule has 0 saturated heterocycles. The van der Waals surface area contributed by atoms with Crippen molar-refractivity contribution in [2.24, 2.45) is 11.8 Å². The third-order valence-corrected chi connectivity index (χ3v) is 9.64. The number of hydrogen-bond acceptors (Lipinski definition) is 6. The Bertz CT molecular complexity index is 992. The SMILES string of the molecule is CCCS(=O)(=O)N(CC1CCCCC1)C[C@@H](O)[C@H](Cc1ccccc1)NC(=O)[C@H](C)CS(C)(=O)=O. The van der Waals surface area contributed by atoms with Crippen LogP contribution in [-0.2, 0) is 31.1 Å². The molecule has 0 aromatic heterocycles. The maximum absolute atomic E-state index is 13.1. The van der Waals surface area contributed by atoms with Gasteiger partial charge in [-0.2, -0.15) is 4.31 Å². The lowest BCUT2D eigenvalue weighted by molar-refractivity contribution is -0.125. The molecule has 1 fully saturated rings. The minimum absolute atomic E-state index is 0.00748. The highest BCUT2D eigenvalue weighted by atomic mass is 32.2. The van der Waals surface area contributed by atoms with Crippen LogP contribution in [0, 0.1) is 11.8 Å². The first-order chi connectivity index (χ1) is 16.4. The number of hydrogen-bond donors (Lipinski definition) is 2. The van der Waals surface area contributed by atoms with Crippen LogP contribution < -0.4 is 5.32 Å². The van der Waals surface area contributed by atoms with E-state index in [1.54, 1.807) is 0 Å². The van der Waals surface area contributed by atoms with Crippen molar-refractivity contribution in [1.29, 1.82) is 0 Å². The molecule has 200 valence electrons. The predicted molar refractivity (Wildman–Crippen MR) is 139 cm³/mol. The first kappa shape index (κ1) is 29.7. The number of rotatable bonds is 14. The van der Waals surface area contributed by atoms with Crippen molar-refractivity contribution >= 4 is 25.8 Å². The Morgan fingerprint density at radius 3 is 2.31 bits per heavy atom. The second-order valence-corrected chi connectivity index (χ2v) is 14.3. The topological polar surface area (TPSA) is 121 Å². The molecular weight excluding hydrogens is 488 g/mol. The van der Waals surface area contributed by atoms with Crippen LogP contribution in [0.3, 0.4) is 0 Å². The molecule has 1 amide bonds. The van der Waals surface area contributed by atoms with Crippen LogP contribution in [0.15, 0.2) is 30.3 Å². The Kier molecular flexibility index (Phi) is 11.7. The number of carbonyl (C=O) groups excluding carboxylic acids is 1. The highest BCUT2D eigenvalue weighted by Crippen LogP contribution is 2.26. The molecular formula is C25H42N2O6S2. The van der Waals surface area contributed by atoms with Crippen molar-refractivity contribution in [2.75, 3.05) is 30.9 Å². The third kappa shape index (κ3) is 10.6. The van der Waals surface area contributed by atoms with E-state index < -0.39 is 43.8 Å². The maximum atomic E-state index is 13.1. The van der Waals surface area contributed by atoms with Gasteiger partial charge in [0, 0.05) is 25.3 Å². The van der Waals surface area contributed by atoms with Crippen LogP contribution >= 0.6 is 0 Å². The quantitative estimate of drug-likeness (QED) is 0.381. The van der Waals surface area contributed by atoms with Gasteiger partial charge in [0.25, 0.3) is 0 Å². The van der Waals surface area contributed by atoms with Gasteiger partial charge in [0.15, 0.2) is 0 Å². The molecule has 8 nitrogen and oxygen atoms in total.